The van der Waals surface area contributed by atoms with E-state index in [1.54, 1.807) is 36.4 Å². The minimum Gasteiger partial charge on any atom is -0.491 e. The van der Waals surface area contributed by atoms with Crippen LogP contribution in [0.5, 0.6) is 5.75 Å². The molecule has 0 atom stereocenters. The predicted octanol–water partition coefficient (Wildman–Crippen LogP) is 3.84. The van der Waals surface area contributed by atoms with Gasteiger partial charge in [0.15, 0.2) is 11.6 Å². The zero-order valence-corrected chi connectivity index (χ0v) is 10.5. The highest BCUT2D eigenvalue weighted by Crippen LogP contribution is 2.23. The van der Waals surface area contributed by atoms with Gasteiger partial charge in [-0.1, -0.05) is 0 Å². The van der Waals surface area contributed by atoms with Gasteiger partial charge in [-0.3, -0.25) is 0 Å². The summed E-state index contributed by atoms with van der Waals surface area (Å²) in [5.41, 5.74) is 2.01. The van der Waals surface area contributed by atoms with Gasteiger partial charge in [-0.15, -0.1) is 0 Å². The number of benzene rings is 2. The Morgan fingerprint density at radius 3 is 2.42 bits per heavy atom. The number of hydrogen-bond donors (Lipinski definition) is 1. The fourth-order valence-corrected chi connectivity index (χ4v) is 1.65. The second-order valence-electron chi connectivity index (χ2n) is 3.89. The lowest BCUT2D eigenvalue weighted by molar-refractivity contribution is 0.321. The third kappa shape index (κ3) is 3.23. The molecule has 0 saturated heterocycles. The topological polar surface area (TPSA) is 45.0 Å². The minimum atomic E-state index is -0.402. The SMILES string of the molecule is CCOc1ccc(Nc2ccc(C#N)cc2)cc1F. The van der Waals surface area contributed by atoms with Gasteiger partial charge in [0.2, 0.25) is 0 Å². The van der Waals surface area contributed by atoms with E-state index in [9.17, 15) is 4.39 Å². The average Bonchev–Trinajstić information content (AvgIpc) is 2.43. The molecule has 0 aliphatic rings. The third-order valence-electron chi connectivity index (χ3n) is 2.53. The molecule has 4 heteroatoms. The Morgan fingerprint density at radius 1 is 1.16 bits per heavy atom. The van der Waals surface area contributed by atoms with Gasteiger partial charge in [0, 0.05) is 17.4 Å². The molecule has 0 bridgehead atoms. The maximum absolute atomic E-state index is 13.7. The molecular formula is C15H13FN2O. The molecule has 1 N–H and O–H groups in total. The largest absolute Gasteiger partial charge is 0.491 e. The van der Waals surface area contributed by atoms with E-state index in [2.05, 4.69) is 5.32 Å². The molecule has 0 spiro atoms. The molecule has 2 aromatic rings. The number of hydrogen-bond acceptors (Lipinski definition) is 3. The first-order chi connectivity index (χ1) is 9.22. The van der Waals surface area contributed by atoms with E-state index in [1.165, 1.54) is 6.07 Å². The Labute approximate surface area is 111 Å². The molecule has 3 nitrogen and oxygen atoms in total. The normalized spacial score (nSPS) is 9.74. The van der Waals surface area contributed by atoms with E-state index in [0.29, 0.717) is 17.9 Å². The molecule has 0 radical (unpaired) electrons. The Balaban J connectivity index is 2.14. The summed E-state index contributed by atoms with van der Waals surface area (Å²) >= 11 is 0. The quantitative estimate of drug-likeness (QED) is 0.903. The van der Waals surface area contributed by atoms with Crippen molar-refractivity contribution in [2.24, 2.45) is 0 Å². The predicted molar refractivity (Wildman–Crippen MR) is 72.0 cm³/mol. The van der Waals surface area contributed by atoms with Crippen molar-refractivity contribution >= 4 is 11.4 Å². The molecule has 0 heterocycles. The summed E-state index contributed by atoms with van der Waals surface area (Å²) in [5.74, 6) is -0.159. The van der Waals surface area contributed by atoms with Crippen molar-refractivity contribution in [3.8, 4) is 11.8 Å². The maximum Gasteiger partial charge on any atom is 0.167 e. The lowest BCUT2D eigenvalue weighted by atomic mass is 10.2. The fraction of sp³-hybridized carbons (Fsp3) is 0.133. The molecule has 2 aromatic carbocycles. The Kier molecular flexibility index (Phi) is 3.99. The molecule has 0 saturated carbocycles. The summed E-state index contributed by atoms with van der Waals surface area (Å²) in [6, 6.07) is 13.7. The van der Waals surface area contributed by atoms with Crippen LogP contribution in [0.2, 0.25) is 0 Å². The lowest BCUT2D eigenvalue weighted by Crippen LogP contribution is -1.96. The van der Waals surface area contributed by atoms with Gasteiger partial charge >= 0.3 is 0 Å². The molecule has 96 valence electrons. The van der Waals surface area contributed by atoms with Crippen molar-refractivity contribution in [2.75, 3.05) is 11.9 Å². The number of ether oxygens (including phenoxy) is 1. The summed E-state index contributed by atoms with van der Waals surface area (Å²) in [6.07, 6.45) is 0. The second kappa shape index (κ2) is 5.87. The fourth-order valence-electron chi connectivity index (χ4n) is 1.65. The van der Waals surface area contributed by atoms with Crippen molar-refractivity contribution in [1.29, 1.82) is 5.26 Å². The summed E-state index contributed by atoms with van der Waals surface area (Å²) in [4.78, 5) is 0. The minimum absolute atomic E-state index is 0.243. The summed E-state index contributed by atoms with van der Waals surface area (Å²) < 4.78 is 18.8. The van der Waals surface area contributed by atoms with Gasteiger partial charge in [-0.2, -0.15) is 5.26 Å². The molecule has 0 fully saturated rings. The van der Waals surface area contributed by atoms with Gasteiger partial charge < -0.3 is 10.1 Å². The van der Waals surface area contributed by atoms with E-state index >= 15 is 0 Å². The van der Waals surface area contributed by atoms with Crippen molar-refractivity contribution in [2.45, 2.75) is 6.92 Å². The number of halogens is 1. The van der Waals surface area contributed by atoms with Crippen LogP contribution in [0.3, 0.4) is 0 Å². The van der Waals surface area contributed by atoms with E-state index < -0.39 is 5.82 Å². The van der Waals surface area contributed by atoms with Gasteiger partial charge in [0.05, 0.1) is 18.2 Å². The van der Waals surface area contributed by atoms with Gasteiger partial charge in [-0.25, -0.2) is 4.39 Å². The van der Waals surface area contributed by atoms with Crippen LogP contribution in [0.4, 0.5) is 15.8 Å². The standard InChI is InChI=1S/C15H13FN2O/c1-2-19-15-8-7-13(9-14(15)16)18-12-5-3-11(10-17)4-6-12/h3-9,18H,2H2,1H3. The maximum atomic E-state index is 13.7. The van der Waals surface area contributed by atoms with Crippen LogP contribution in [0, 0.1) is 17.1 Å². The lowest BCUT2D eigenvalue weighted by Gasteiger charge is -2.09. The van der Waals surface area contributed by atoms with Crippen LogP contribution in [-0.4, -0.2) is 6.61 Å². The van der Waals surface area contributed by atoms with E-state index in [-0.39, 0.29) is 5.75 Å². The van der Waals surface area contributed by atoms with Crippen molar-refractivity contribution in [3.05, 3.63) is 53.8 Å². The summed E-state index contributed by atoms with van der Waals surface area (Å²) in [7, 11) is 0. The third-order valence-corrected chi connectivity index (χ3v) is 2.53. The molecule has 0 aromatic heterocycles. The number of anilines is 2. The van der Waals surface area contributed by atoms with Gasteiger partial charge in [-0.05, 0) is 43.3 Å². The van der Waals surface area contributed by atoms with Gasteiger partial charge in [0.25, 0.3) is 0 Å². The number of rotatable bonds is 4. The summed E-state index contributed by atoms with van der Waals surface area (Å²) in [5, 5.41) is 11.8. The van der Waals surface area contributed by atoms with Crippen LogP contribution in [-0.2, 0) is 0 Å². The number of nitriles is 1. The van der Waals surface area contributed by atoms with E-state index in [4.69, 9.17) is 10.00 Å². The van der Waals surface area contributed by atoms with E-state index in [1.807, 2.05) is 13.0 Å². The molecule has 0 amide bonds. The van der Waals surface area contributed by atoms with Crippen molar-refractivity contribution in [3.63, 3.8) is 0 Å². The molecular weight excluding hydrogens is 243 g/mol. The molecule has 19 heavy (non-hydrogen) atoms. The molecule has 0 aliphatic heterocycles. The first kappa shape index (κ1) is 12.9. The highest BCUT2D eigenvalue weighted by atomic mass is 19.1. The van der Waals surface area contributed by atoms with Crippen LogP contribution >= 0.6 is 0 Å². The first-order valence-electron chi connectivity index (χ1n) is 5.92. The monoisotopic (exact) mass is 256 g/mol. The number of nitrogens with one attached hydrogen (secondary N) is 1. The Bertz CT molecular complexity index is 603. The van der Waals surface area contributed by atoms with Crippen LogP contribution in [0.1, 0.15) is 12.5 Å². The highest BCUT2D eigenvalue weighted by molar-refractivity contribution is 5.61. The Hall–Kier alpha value is -2.54. The van der Waals surface area contributed by atoms with Crippen molar-refractivity contribution in [1.82, 2.24) is 0 Å². The molecule has 0 aliphatic carbocycles. The first-order valence-corrected chi connectivity index (χ1v) is 5.92. The molecule has 0 unspecified atom stereocenters. The summed E-state index contributed by atoms with van der Waals surface area (Å²) in [6.45, 7) is 2.24. The Morgan fingerprint density at radius 2 is 1.84 bits per heavy atom. The van der Waals surface area contributed by atoms with Crippen LogP contribution in [0.25, 0.3) is 0 Å². The molecule has 2 rings (SSSR count). The second-order valence-corrected chi connectivity index (χ2v) is 3.89. The van der Waals surface area contributed by atoms with E-state index in [0.717, 1.165) is 5.69 Å². The highest BCUT2D eigenvalue weighted by Gasteiger charge is 2.04. The van der Waals surface area contributed by atoms with Crippen LogP contribution in [0.15, 0.2) is 42.5 Å². The zero-order chi connectivity index (χ0) is 13.7. The number of nitrogens with zero attached hydrogens (tertiary/aromatic N) is 1. The van der Waals surface area contributed by atoms with Crippen LogP contribution < -0.4 is 10.1 Å². The van der Waals surface area contributed by atoms with Crippen molar-refractivity contribution < 1.29 is 9.13 Å². The smallest absolute Gasteiger partial charge is 0.167 e. The zero-order valence-electron chi connectivity index (χ0n) is 10.5. The average molecular weight is 256 g/mol. The van der Waals surface area contributed by atoms with Gasteiger partial charge in [0.1, 0.15) is 0 Å².